The molecule has 3 heteroatoms. The summed E-state index contributed by atoms with van der Waals surface area (Å²) < 4.78 is 0. The van der Waals surface area contributed by atoms with Crippen molar-refractivity contribution in [2.24, 2.45) is 5.92 Å². The first kappa shape index (κ1) is 10.4. The van der Waals surface area contributed by atoms with Crippen LogP contribution >= 0.6 is 11.8 Å². The van der Waals surface area contributed by atoms with Gasteiger partial charge < -0.3 is 10.2 Å². The third kappa shape index (κ3) is 3.33. The van der Waals surface area contributed by atoms with E-state index in [-0.39, 0.29) is 0 Å². The molecule has 0 amide bonds. The van der Waals surface area contributed by atoms with E-state index in [1.165, 1.54) is 38.4 Å². The average molecular weight is 188 g/mol. The van der Waals surface area contributed by atoms with Gasteiger partial charge in [-0.1, -0.05) is 0 Å². The zero-order valence-corrected chi connectivity index (χ0v) is 8.99. The Bertz CT molecular complexity index is 119. The number of hydrogen-bond acceptors (Lipinski definition) is 3. The predicted octanol–water partition coefficient (Wildman–Crippen LogP) is 0.891. The van der Waals surface area contributed by atoms with Crippen LogP contribution in [-0.2, 0) is 0 Å². The molecule has 2 nitrogen and oxygen atoms in total. The normalized spacial score (nSPS) is 25.0. The topological polar surface area (TPSA) is 15.3 Å². The summed E-state index contributed by atoms with van der Waals surface area (Å²) in [7, 11) is 2.05. The Morgan fingerprint density at radius 3 is 3.08 bits per heavy atom. The lowest BCUT2D eigenvalue weighted by atomic mass is 10.1. The molecule has 1 fully saturated rings. The predicted molar refractivity (Wildman–Crippen MR) is 56.9 cm³/mol. The second kappa shape index (κ2) is 5.84. The highest BCUT2D eigenvalue weighted by Gasteiger charge is 2.20. The summed E-state index contributed by atoms with van der Waals surface area (Å²) in [6.45, 7) is 5.09. The fourth-order valence-electron chi connectivity index (χ4n) is 1.79. The Labute approximate surface area is 80.1 Å². The first-order valence-corrected chi connectivity index (χ1v) is 6.12. The van der Waals surface area contributed by atoms with Gasteiger partial charge in [0.15, 0.2) is 0 Å². The zero-order chi connectivity index (χ0) is 8.81. The molecule has 1 atom stereocenters. The fourth-order valence-corrected chi connectivity index (χ4v) is 2.23. The van der Waals surface area contributed by atoms with Gasteiger partial charge >= 0.3 is 0 Å². The van der Waals surface area contributed by atoms with Crippen molar-refractivity contribution in [1.82, 2.24) is 10.2 Å². The van der Waals surface area contributed by atoms with Crippen molar-refractivity contribution in [3.63, 3.8) is 0 Å². The van der Waals surface area contributed by atoms with Crippen LogP contribution in [0, 0.1) is 5.92 Å². The molecule has 12 heavy (non-hydrogen) atoms. The lowest BCUT2D eigenvalue weighted by Gasteiger charge is -2.14. The quantitative estimate of drug-likeness (QED) is 0.690. The van der Waals surface area contributed by atoms with Crippen LogP contribution in [0.15, 0.2) is 0 Å². The SMILES string of the molecule is CNCC1CCN(CCSC)C1. The van der Waals surface area contributed by atoms with Crippen LogP contribution in [0.2, 0.25) is 0 Å². The Kier molecular flexibility index (Phi) is 5.04. The number of likely N-dealkylation sites (tertiary alicyclic amines) is 1. The van der Waals surface area contributed by atoms with Gasteiger partial charge in [0.1, 0.15) is 0 Å². The van der Waals surface area contributed by atoms with Crippen LogP contribution in [0.4, 0.5) is 0 Å². The van der Waals surface area contributed by atoms with Gasteiger partial charge in [-0.15, -0.1) is 0 Å². The standard InChI is InChI=1S/C9H20N2S/c1-10-7-9-3-4-11(8-9)5-6-12-2/h9-10H,3-8H2,1-2H3. The summed E-state index contributed by atoms with van der Waals surface area (Å²) in [5.41, 5.74) is 0. The minimum Gasteiger partial charge on any atom is -0.319 e. The molecule has 1 N–H and O–H groups in total. The number of hydrogen-bond donors (Lipinski definition) is 1. The van der Waals surface area contributed by atoms with E-state index < -0.39 is 0 Å². The van der Waals surface area contributed by atoms with E-state index >= 15 is 0 Å². The van der Waals surface area contributed by atoms with Crippen molar-refractivity contribution in [1.29, 1.82) is 0 Å². The second-order valence-corrected chi connectivity index (χ2v) is 4.49. The van der Waals surface area contributed by atoms with E-state index in [0.29, 0.717) is 0 Å². The first-order chi connectivity index (χ1) is 5.86. The van der Waals surface area contributed by atoms with Crippen LogP contribution in [0.5, 0.6) is 0 Å². The average Bonchev–Trinajstić information content (AvgIpc) is 2.50. The van der Waals surface area contributed by atoms with Crippen molar-refractivity contribution in [3.05, 3.63) is 0 Å². The monoisotopic (exact) mass is 188 g/mol. The van der Waals surface area contributed by atoms with Gasteiger partial charge in [0, 0.05) is 18.8 Å². The van der Waals surface area contributed by atoms with Crippen molar-refractivity contribution >= 4 is 11.8 Å². The van der Waals surface area contributed by atoms with E-state index in [1.54, 1.807) is 0 Å². The van der Waals surface area contributed by atoms with E-state index in [9.17, 15) is 0 Å². The van der Waals surface area contributed by atoms with E-state index in [4.69, 9.17) is 0 Å². The molecule has 1 aliphatic heterocycles. The summed E-state index contributed by atoms with van der Waals surface area (Å²) in [6, 6.07) is 0. The van der Waals surface area contributed by atoms with Crippen molar-refractivity contribution in [2.75, 3.05) is 45.2 Å². The smallest absolute Gasteiger partial charge is 0.00724 e. The lowest BCUT2D eigenvalue weighted by Crippen LogP contribution is -2.26. The Balaban J connectivity index is 2.08. The molecule has 0 saturated carbocycles. The van der Waals surface area contributed by atoms with Gasteiger partial charge in [-0.2, -0.15) is 11.8 Å². The molecule has 0 aliphatic carbocycles. The molecular formula is C9H20N2S. The third-order valence-corrected chi connectivity index (χ3v) is 3.07. The highest BCUT2D eigenvalue weighted by atomic mass is 32.2. The molecule has 1 aliphatic rings. The summed E-state index contributed by atoms with van der Waals surface area (Å²) in [4.78, 5) is 2.58. The molecule has 72 valence electrons. The maximum Gasteiger partial charge on any atom is 0.00724 e. The zero-order valence-electron chi connectivity index (χ0n) is 8.18. The van der Waals surface area contributed by atoms with Crippen LogP contribution in [0.25, 0.3) is 0 Å². The molecule has 0 aromatic heterocycles. The van der Waals surface area contributed by atoms with Crippen LogP contribution in [0.3, 0.4) is 0 Å². The molecule has 1 unspecified atom stereocenters. The Morgan fingerprint density at radius 1 is 1.58 bits per heavy atom. The summed E-state index contributed by atoms with van der Waals surface area (Å²) in [5, 5.41) is 3.25. The number of nitrogens with zero attached hydrogens (tertiary/aromatic N) is 1. The molecule has 0 radical (unpaired) electrons. The van der Waals surface area contributed by atoms with Crippen LogP contribution in [0.1, 0.15) is 6.42 Å². The van der Waals surface area contributed by atoms with Gasteiger partial charge in [0.05, 0.1) is 0 Å². The molecule has 1 saturated heterocycles. The van der Waals surface area contributed by atoms with Gasteiger partial charge in [0.25, 0.3) is 0 Å². The molecule has 1 rings (SSSR count). The highest BCUT2D eigenvalue weighted by molar-refractivity contribution is 7.98. The van der Waals surface area contributed by atoms with Gasteiger partial charge in [-0.3, -0.25) is 0 Å². The minimum absolute atomic E-state index is 0.900. The maximum absolute atomic E-state index is 3.25. The minimum atomic E-state index is 0.900. The van der Waals surface area contributed by atoms with E-state index in [2.05, 4.69) is 16.5 Å². The maximum atomic E-state index is 3.25. The Morgan fingerprint density at radius 2 is 2.42 bits per heavy atom. The third-order valence-electron chi connectivity index (χ3n) is 2.47. The molecule has 0 spiro atoms. The van der Waals surface area contributed by atoms with Gasteiger partial charge in [-0.25, -0.2) is 0 Å². The molecular weight excluding hydrogens is 168 g/mol. The van der Waals surface area contributed by atoms with E-state index in [0.717, 1.165) is 5.92 Å². The fraction of sp³-hybridized carbons (Fsp3) is 1.00. The summed E-state index contributed by atoms with van der Waals surface area (Å²) in [6.07, 6.45) is 3.57. The van der Waals surface area contributed by atoms with Crippen molar-refractivity contribution < 1.29 is 0 Å². The molecule has 0 aromatic carbocycles. The molecule has 0 bridgehead atoms. The number of nitrogens with one attached hydrogen (secondary N) is 1. The van der Waals surface area contributed by atoms with Gasteiger partial charge in [-0.05, 0) is 38.7 Å². The van der Waals surface area contributed by atoms with E-state index in [1.807, 2.05) is 18.8 Å². The largest absolute Gasteiger partial charge is 0.319 e. The highest BCUT2D eigenvalue weighted by Crippen LogP contribution is 2.15. The number of rotatable bonds is 5. The first-order valence-electron chi connectivity index (χ1n) is 4.72. The second-order valence-electron chi connectivity index (χ2n) is 3.51. The summed E-state index contributed by atoms with van der Waals surface area (Å²) >= 11 is 1.95. The van der Waals surface area contributed by atoms with Crippen LogP contribution < -0.4 is 5.32 Å². The van der Waals surface area contributed by atoms with Crippen LogP contribution in [-0.4, -0.2) is 50.1 Å². The summed E-state index contributed by atoms with van der Waals surface area (Å²) in [5.74, 6) is 2.18. The molecule has 0 aromatic rings. The molecule has 1 heterocycles. The number of thioether (sulfide) groups is 1. The van der Waals surface area contributed by atoms with Crippen molar-refractivity contribution in [2.45, 2.75) is 6.42 Å². The Hall–Kier alpha value is 0.270. The lowest BCUT2D eigenvalue weighted by molar-refractivity contribution is 0.343. The van der Waals surface area contributed by atoms with Crippen molar-refractivity contribution in [3.8, 4) is 0 Å². The van der Waals surface area contributed by atoms with Gasteiger partial charge in [0.2, 0.25) is 0 Å².